The molecule has 0 spiro atoms. The zero-order valence-corrected chi connectivity index (χ0v) is 45.1. The summed E-state index contributed by atoms with van der Waals surface area (Å²) in [6, 6.07) is -1.16. The van der Waals surface area contributed by atoms with Crippen molar-refractivity contribution in [2.24, 2.45) is 0 Å². The second-order valence-electron chi connectivity index (χ2n) is 21.4. The van der Waals surface area contributed by atoms with Crippen LogP contribution in [0, 0.1) is 0 Å². The molecule has 9 unspecified atom stereocenters. The Labute approximate surface area is 424 Å². The van der Waals surface area contributed by atoms with Gasteiger partial charge in [-0.05, 0) is 12.8 Å². The fourth-order valence-corrected chi connectivity index (χ4v) is 10.0. The highest BCUT2D eigenvalue weighted by Gasteiger charge is 2.44. The van der Waals surface area contributed by atoms with E-state index in [-0.39, 0.29) is 6.42 Å². The maximum absolute atomic E-state index is 13.2. The van der Waals surface area contributed by atoms with Crippen LogP contribution in [0.3, 0.4) is 0 Å². The summed E-state index contributed by atoms with van der Waals surface area (Å²) in [5.41, 5.74) is 0. The Hall–Kier alpha value is -0.890. The number of carbonyl (C=O) groups excluding carboxylic acids is 1. The van der Waals surface area contributed by atoms with E-state index in [0.29, 0.717) is 19.3 Å². The summed E-state index contributed by atoms with van der Waals surface area (Å²) in [7, 11) is 0. The first-order valence-corrected chi connectivity index (χ1v) is 29.9. The van der Waals surface area contributed by atoms with Gasteiger partial charge in [0.1, 0.15) is 36.6 Å². The summed E-state index contributed by atoms with van der Waals surface area (Å²) in [4.78, 5) is 13.2. The van der Waals surface area contributed by atoms with Crippen molar-refractivity contribution in [2.75, 3.05) is 13.2 Å². The van der Waals surface area contributed by atoms with Gasteiger partial charge in [-0.25, -0.2) is 0 Å². The molecule has 0 aromatic carbocycles. The van der Waals surface area contributed by atoms with E-state index in [4.69, 9.17) is 9.47 Å². The highest BCUT2D eigenvalue weighted by atomic mass is 16.7. The molecule has 1 aliphatic heterocycles. The fourth-order valence-electron chi connectivity index (χ4n) is 10.0. The predicted octanol–water partition coefficient (Wildman–Crippen LogP) is 12.6. The van der Waals surface area contributed by atoms with Crippen molar-refractivity contribution in [1.82, 2.24) is 5.32 Å². The van der Waals surface area contributed by atoms with Gasteiger partial charge in [0.15, 0.2) is 6.29 Å². The van der Waals surface area contributed by atoms with Crippen LogP contribution in [0.1, 0.15) is 296 Å². The zero-order chi connectivity index (χ0) is 50.4. The van der Waals surface area contributed by atoms with E-state index < -0.39 is 74.2 Å². The molecule has 0 saturated carbocycles. The molecule has 9 atom stereocenters. The topological polar surface area (TPSA) is 189 Å². The van der Waals surface area contributed by atoms with Crippen molar-refractivity contribution < 1.29 is 50.0 Å². The van der Waals surface area contributed by atoms with Gasteiger partial charge in [0.2, 0.25) is 5.91 Å². The smallest absolute Gasteiger partial charge is 0.249 e. The molecule has 69 heavy (non-hydrogen) atoms. The maximum atomic E-state index is 13.2. The molecular weight excluding hydrogens is 871 g/mol. The van der Waals surface area contributed by atoms with Crippen LogP contribution < -0.4 is 5.32 Å². The van der Waals surface area contributed by atoms with Crippen LogP contribution in [-0.4, -0.2) is 110 Å². The molecule has 0 bridgehead atoms. The number of aliphatic hydroxyl groups is 7. The molecule has 1 aliphatic rings. The third kappa shape index (κ3) is 36.6. The van der Waals surface area contributed by atoms with Crippen LogP contribution in [0.4, 0.5) is 0 Å². The average Bonchev–Trinajstić information content (AvgIpc) is 3.35. The molecule has 0 radical (unpaired) electrons. The number of amides is 1. The van der Waals surface area contributed by atoms with Gasteiger partial charge in [-0.1, -0.05) is 284 Å². The number of nitrogens with one attached hydrogen (secondary N) is 1. The Morgan fingerprint density at radius 1 is 0.449 bits per heavy atom. The Kier molecular flexibility index (Phi) is 46.1. The van der Waals surface area contributed by atoms with Gasteiger partial charge in [0.05, 0.1) is 25.4 Å². The van der Waals surface area contributed by atoms with Crippen LogP contribution in [0.2, 0.25) is 0 Å². The number of rotatable bonds is 52. The molecule has 1 amide bonds. The molecule has 412 valence electrons. The van der Waals surface area contributed by atoms with E-state index in [1.165, 1.54) is 218 Å². The number of hydrogen-bond donors (Lipinski definition) is 8. The quantitative estimate of drug-likeness (QED) is 0.0272. The summed E-state index contributed by atoms with van der Waals surface area (Å²) in [5, 5.41) is 76.1. The molecule has 1 rings (SSSR count). The lowest BCUT2D eigenvalue weighted by Gasteiger charge is -2.40. The van der Waals surface area contributed by atoms with Crippen molar-refractivity contribution in [3.63, 3.8) is 0 Å². The number of hydrogen-bond acceptors (Lipinski definition) is 10. The van der Waals surface area contributed by atoms with Crippen LogP contribution in [0.15, 0.2) is 0 Å². The minimum atomic E-state index is -1.66. The molecular formula is C58H115NO10. The monoisotopic (exact) mass is 986 g/mol. The first kappa shape index (κ1) is 66.1. The minimum absolute atomic E-state index is 0.267. The number of aliphatic hydroxyl groups excluding tert-OH is 7. The molecule has 8 N–H and O–H groups in total. The molecule has 11 heteroatoms. The fraction of sp³-hybridized carbons (Fsp3) is 0.983. The van der Waals surface area contributed by atoms with Crippen molar-refractivity contribution in [2.45, 2.75) is 351 Å². The maximum Gasteiger partial charge on any atom is 0.249 e. The second-order valence-corrected chi connectivity index (χ2v) is 21.4. The van der Waals surface area contributed by atoms with Gasteiger partial charge < -0.3 is 50.5 Å². The normalized spacial score (nSPS) is 20.3. The number of ether oxygens (including phenoxy) is 2. The lowest BCUT2D eigenvalue weighted by atomic mass is 9.98. The van der Waals surface area contributed by atoms with Gasteiger partial charge in [-0.3, -0.25) is 4.79 Å². The summed E-state index contributed by atoms with van der Waals surface area (Å²) >= 11 is 0. The largest absolute Gasteiger partial charge is 0.394 e. The molecule has 0 aliphatic carbocycles. The highest BCUT2D eigenvalue weighted by Crippen LogP contribution is 2.24. The first-order valence-electron chi connectivity index (χ1n) is 29.9. The number of carbonyl (C=O) groups is 1. The van der Waals surface area contributed by atoms with E-state index in [9.17, 15) is 40.5 Å². The van der Waals surface area contributed by atoms with Gasteiger partial charge in [0, 0.05) is 0 Å². The van der Waals surface area contributed by atoms with Gasteiger partial charge in [-0.15, -0.1) is 0 Å². The summed E-state index contributed by atoms with van der Waals surface area (Å²) in [6.45, 7) is 3.49. The average molecular weight is 987 g/mol. The van der Waals surface area contributed by atoms with E-state index in [1.54, 1.807) is 0 Å². The van der Waals surface area contributed by atoms with Crippen molar-refractivity contribution in [1.29, 1.82) is 0 Å². The first-order chi connectivity index (χ1) is 33.7. The van der Waals surface area contributed by atoms with Crippen LogP contribution in [0.5, 0.6) is 0 Å². The summed E-state index contributed by atoms with van der Waals surface area (Å²) < 4.78 is 11.1. The predicted molar refractivity (Wildman–Crippen MR) is 284 cm³/mol. The third-order valence-corrected chi connectivity index (χ3v) is 14.9. The summed E-state index contributed by atoms with van der Waals surface area (Å²) in [5.74, 6) is -0.689. The molecule has 1 heterocycles. The van der Waals surface area contributed by atoms with E-state index in [1.807, 2.05) is 0 Å². The molecule has 11 nitrogen and oxygen atoms in total. The van der Waals surface area contributed by atoms with Crippen LogP contribution >= 0.6 is 0 Å². The lowest BCUT2D eigenvalue weighted by molar-refractivity contribution is -0.303. The van der Waals surface area contributed by atoms with Crippen molar-refractivity contribution >= 4 is 5.91 Å². The van der Waals surface area contributed by atoms with Crippen molar-refractivity contribution in [3.05, 3.63) is 0 Å². The molecule has 1 saturated heterocycles. The molecule has 0 aromatic rings. The highest BCUT2D eigenvalue weighted by molar-refractivity contribution is 5.80. The minimum Gasteiger partial charge on any atom is -0.394 e. The Bertz CT molecular complexity index is 1090. The van der Waals surface area contributed by atoms with Gasteiger partial charge in [-0.2, -0.15) is 0 Å². The zero-order valence-electron chi connectivity index (χ0n) is 45.1. The SMILES string of the molecule is CCCCCCCCCCCCCCCCCCCCCCCCCCCCCC(O)C(=O)NC(COC1OC(CO)C(O)C(O)C1O)C(O)C(O)CCCCCCCCCCCCCCCCC. The van der Waals surface area contributed by atoms with Gasteiger partial charge >= 0.3 is 0 Å². The van der Waals surface area contributed by atoms with Gasteiger partial charge in [0.25, 0.3) is 0 Å². The van der Waals surface area contributed by atoms with Crippen LogP contribution in [0.25, 0.3) is 0 Å². The van der Waals surface area contributed by atoms with Crippen molar-refractivity contribution in [3.8, 4) is 0 Å². The molecule has 0 aromatic heterocycles. The van der Waals surface area contributed by atoms with E-state index in [2.05, 4.69) is 19.2 Å². The van der Waals surface area contributed by atoms with E-state index in [0.717, 1.165) is 38.5 Å². The standard InChI is InChI=1S/C58H115NO10/c1-3-5-7-9-11-13-15-17-19-20-21-22-23-24-25-26-27-28-29-30-32-34-36-38-40-42-44-46-51(62)57(67)59-49(48-68-58-56(66)55(65)54(64)52(47-60)69-58)53(63)50(61)45-43-41-39-37-35-33-31-18-16-14-12-10-8-6-4-2/h49-56,58,60-66H,3-48H2,1-2H3,(H,59,67). The number of unbranched alkanes of at least 4 members (excludes halogenated alkanes) is 40. The van der Waals surface area contributed by atoms with Crippen LogP contribution in [-0.2, 0) is 14.3 Å². The third-order valence-electron chi connectivity index (χ3n) is 14.9. The Morgan fingerprint density at radius 3 is 1.07 bits per heavy atom. The van der Waals surface area contributed by atoms with E-state index >= 15 is 0 Å². The lowest BCUT2D eigenvalue weighted by Crippen LogP contribution is -2.60. The summed E-state index contributed by atoms with van der Waals surface area (Å²) in [6.07, 6.45) is 43.1. The Balaban J connectivity index is 2.23. The second kappa shape index (κ2) is 48.1. The Morgan fingerprint density at radius 2 is 0.754 bits per heavy atom. The molecule has 1 fully saturated rings.